The van der Waals surface area contributed by atoms with Crippen molar-refractivity contribution >= 4 is 15.9 Å². The number of hydrogen-bond acceptors (Lipinski definition) is 3. The minimum absolute atomic E-state index is 0.0336. The molecule has 4 rings (SSSR count). The van der Waals surface area contributed by atoms with E-state index in [9.17, 15) is 13.2 Å². The Kier molecular flexibility index (Phi) is 5.25. The van der Waals surface area contributed by atoms with Gasteiger partial charge in [-0.25, -0.2) is 13.1 Å². The summed E-state index contributed by atoms with van der Waals surface area (Å²) in [6.45, 7) is 0.563. The summed E-state index contributed by atoms with van der Waals surface area (Å²) in [4.78, 5) is 12.9. The van der Waals surface area contributed by atoms with Crippen LogP contribution in [-0.4, -0.2) is 26.9 Å². The Labute approximate surface area is 166 Å². The van der Waals surface area contributed by atoms with Gasteiger partial charge >= 0.3 is 0 Å². The predicted octanol–water partition coefficient (Wildman–Crippen LogP) is 3.37. The molecule has 0 radical (unpaired) electrons. The second kappa shape index (κ2) is 7.68. The maximum absolute atomic E-state index is 12.8. The average molecular weight is 399 g/mol. The highest BCUT2D eigenvalue weighted by Gasteiger charge is 2.36. The van der Waals surface area contributed by atoms with Gasteiger partial charge in [0, 0.05) is 23.6 Å². The number of sulfonamides is 1. The van der Waals surface area contributed by atoms with Gasteiger partial charge in [0.15, 0.2) is 0 Å². The zero-order valence-electron chi connectivity index (χ0n) is 15.9. The van der Waals surface area contributed by atoms with Crippen molar-refractivity contribution in [3.05, 3.63) is 65.7 Å². The van der Waals surface area contributed by atoms with E-state index in [-0.39, 0.29) is 22.3 Å². The SMILES string of the molecule is O=C(NCC1(c2ccccc2)CCCC1)c1cccc(S(=O)(=O)NC2CC2)c1. The van der Waals surface area contributed by atoms with Gasteiger partial charge in [-0.15, -0.1) is 0 Å². The van der Waals surface area contributed by atoms with E-state index in [1.807, 2.05) is 18.2 Å². The topological polar surface area (TPSA) is 75.3 Å². The fraction of sp³-hybridized carbons (Fsp3) is 0.409. The summed E-state index contributed by atoms with van der Waals surface area (Å²) in [6, 6.07) is 16.7. The lowest BCUT2D eigenvalue weighted by Gasteiger charge is -2.30. The number of benzene rings is 2. The Hall–Kier alpha value is -2.18. The lowest BCUT2D eigenvalue weighted by Crippen LogP contribution is -2.39. The van der Waals surface area contributed by atoms with Gasteiger partial charge in [0.2, 0.25) is 10.0 Å². The Morgan fingerprint density at radius 2 is 1.71 bits per heavy atom. The van der Waals surface area contributed by atoms with Crippen LogP contribution in [0.1, 0.15) is 54.4 Å². The second-order valence-electron chi connectivity index (χ2n) is 7.96. The molecule has 148 valence electrons. The van der Waals surface area contributed by atoms with Crippen molar-refractivity contribution in [2.24, 2.45) is 0 Å². The van der Waals surface area contributed by atoms with Crippen molar-refractivity contribution in [1.29, 1.82) is 0 Å². The van der Waals surface area contributed by atoms with Crippen molar-refractivity contribution in [3.8, 4) is 0 Å². The lowest BCUT2D eigenvalue weighted by atomic mass is 9.79. The number of amides is 1. The molecular weight excluding hydrogens is 372 g/mol. The van der Waals surface area contributed by atoms with E-state index >= 15 is 0 Å². The first-order chi connectivity index (χ1) is 13.5. The van der Waals surface area contributed by atoms with Crippen LogP contribution in [0.5, 0.6) is 0 Å². The van der Waals surface area contributed by atoms with Crippen LogP contribution >= 0.6 is 0 Å². The number of carbonyl (C=O) groups excluding carboxylic acids is 1. The molecule has 2 aromatic carbocycles. The Morgan fingerprint density at radius 3 is 2.39 bits per heavy atom. The molecule has 2 aromatic rings. The molecule has 0 spiro atoms. The van der Waals surface area contributed by atoms with Crippen LogP contribution < -0.4 is 10.0 Å². The summed E-state index contributed by atoms with van der Waals surface area (Å²) in [7, 11) is -3.57. The van der Waals surface area contributed by atoms with Crippen LogP contribution in [0.2, 0.25) is 0 Å². The fourth-order valence-corrected chi connectivity index (χ4v) is 5.41. The van der Waals surface area contributed by atoms with Gasteiger partial charge < -0.3 is 5.32 Å². The Balaban J connectivity index is 1.48. The summed E-state index contributed by atoms with van der Waals surface area (Å²) >= 11 is 0. The van der Waals surface area contributed by atoms with E-state index in [2.05, 4.69) is 22.2 Å². The van der Waals surface area contributed by atoms with Crippen LogP contribution in [0.25, 0.3) is 0 Å². The molecule has 2 N–H and O–H groups in total. The van der Waals surface area contributed by atoms with E-state index < -0.39 is 10.0 Å². The molecule has 1 amide bonds. The lowest BCUT2D eigenvalue weighted by molar-refractivity contribution is 0.0943. The van der Waals surface area contributed by atoms with Gasteiger partial charge in [-0.05, 0) is 49.4 Å². The quantitative estimate of drug-likeness (QED) is 0.751. The number of nitrogens with one attached hydrogen (secondary N) is 2. The van der Waals surface area contributed by atoms with E-state index in [0.717, 1.165) is 38.5 Å². The first-order valence-electron chi connectivity index (χ1n) is 9.95. The smallest absolute Gasteiger partial charge is 0.251 e. The zero-order valence-corrected chi connectivity index (χ0v) is 16.7. The molecule has 2 fully saturated rings. The Bertz CT molecular complexity index is 947. The van der Waals surface area contributed by atoms with Crippen molar-refractivity contribution < 1.29 is 13.2 Å². The molecule has 6 heteroatoms. The predicted molar refractivity (Wildman–Crippen MR) is 109 cm³/mol. The molecule has 2 aliphatic carbocycles. The highest BCUT2D eigenvalue weighted by Crippen LogP contribution is 2.40. The largest absolute Gasteiger partial charge is 0.351 e. The standard InChI is InChI=1S/C22H26N2O3S/c25-21(17-7-6-10-20(15-17)28(26,27)24-19-11-12-19)23-16-22(13-4-5-14-22)18-8-2-1-3-9-18/h1-3,6-10,15,19,24H,4-5,11-14,16H2,(H,23,25). The van der Waals surface area contributed by atoms with E-state index in [1.54, 1.807) is 12.1 Å². The summed E-state index contributed by atoms with van der Waals surface area (Å²) in [5.74, 6) is -0.231. The normalized spacial score (nSPS) is 18.7. The number of hydrogen-bond donors (Lipinski definition) is 2. The maximum atomic E-state index is 12.8. The van der Waals surface area contributed by atoms with Gasteiger partial charge in [0.1, 0.15) is 0 Å². The van der Waals surface area contributed by atoms with Gasteiger partial charge in [-0.2, -0.15) is 0 Å². The number of rotatable bonds is 7. The van der Waals surface area contributed by atoms with Gasteiger partial charge in [-0.1, -0.05) is 49.2 Å². The zero-order chi connectivity index (χ0) is 19.6. The highest BCUT2D eigenvalue weighted by molar-refractivity contribution is 7.89. The molecule has 2 aliphatic rings. The first-order valence-corrected chi connectivity index (χ1v) is 11.4. The molecule has 0 atom stereocenters. The third kappa shape index (κ3) is 4.13. The minimum atomic E-state index is -3.57. The van der Waals surface area contributed by atoms with Crippen molar-refractivity contribution in [2.45, 2.75) is 54.9 Å². The second-order valence-corrected chi connectivity index (χ2v) is 9.67. The van der Waals surface area contributed by atoms with E-state index in [1.165, 1.54) is 17.7 Å². The fourth-order valence-electron chi connectivity index (χ4n) is 4.06. The molecule has 0 heterocycles. The Morgan fingerprint density at radius 1 is 1.00 bits per heavy atom. The molecule has 28 heavy (non-hydrogen) atoms. The molecular formula is C22H26N2O3S. The van der Waals surface area contributed by atoms with Crippen molar-refractivity contribution in [3.63, 3.8) is 0 Å². The average Bonchev–Trinajstić information content (AvgIpc) is 3.39. The van der Waals surface area contributed by atoms with Crippen LogP contribution in [0, 0.1) is 0 Å². The first kappa shape index (κ1) is 19.2. The summed E-state index contributed by atoms with van der Waals surface area (Å²) < 4.78 is 27.5. The summed E-state index contributed by atoms with van der Waals surface area (Å²) in [6.07, 6.45) is 6.17. The van der Waals surface area contributed by atoms with E-state index in [4.69, 9.17) is 0 Å². The van der Waals surface area contributed by atoms with Crippen molar-refractivity contribution in [1.82, 2.24) is 10.0 Å². The molecule has 0 unspecified atom stereocenters. The van der Waals surface area contributed by atoms with Gasteiger partial charge in [0.05, 0.1) is 4.90 Å². The molecule has 5 nitrogen and oxygen atoms in total. The van der Waals surface area contributed by atoms with Gasteiger partial charge in [-0.3, -0.25) is 4.79 Å². The molecule has 0 saturated heterocycles. The monoisotopic (exact) mass is 398 g/mol. The molecule has 2 saturated carbocycles. The van der Waals surface area contributed by atoms with Crippen molar-refractivity contribution in [2.75, 3.05) is 6.54 Å². The minimum Gasteiger partial charge on any atom is -0.351 e. The highest BCUT2D eigenvalue weighted by atomic mass is 32.2. The van der Waals surface area contributed by atoms with Crippen LogP contribution in [0.3, 0.4) is 0 Å². The third-order valence-electron chi connectivity index (χ3n) is 5.84. The van der Waals surface area contributed by atoms with Crippen LogP contribution in [0.15, 0.2) is 59.5 Å². The summed E-state index contributed by atoms with van der Waals surface area (Å²) in [5, 5.41) is 3.06. The van der Waals surface area contributed by atoms with E-state index in [0.29, 0.717) is 12.1 Å². The molecule has 0 bridgehead atoms. The molecule has 0 aliphatic heterocycles. The van der Waals surface area contributed by atoms with Crippen LogP contribution in [-0.2, 0) is 15.4 Å². The van der Waals surface area contributed by atoms with Crippen LogP contribution in [0.4, 0.5) is 0 Å². The molecule has 0 aromatic heterocycles. The number of carbonyl (C=O) groups is 1. The van der Waals surface area contributed by atoms with Gasteiger partial charge in [0.25, 0.3) is 5.91 Å². The third-order valence-corrected chi connectivity index (χ3v) is 7.36. The summed E-state index contributed by atoms with van der Waals surface area (Å²) in [5.41, 5.74) is 1.60. The maximum Gasteiger partial charge on any atom is 0.251 e.